The summed E-state index contributed by atoms with van der Waals surface area (Å²) in [4.78, 5) is 29.9. The number of carboxylic acids is 1. The summed E-state index contributed by atoms with van der Waals surface area (Å²) in [6.07, 6.45) is 4.77. The number of rotatable bonds is 2. The van der Waals surface area contributed by atoms with Crippen molar-refractivity contribution in [3.63, 3.8) is 0 Å². The number of hydrogen-bond donors (Lipinski definition) is 1. The highest BCUT2D eigenvalue weighted by atomic mass is 32.1. The number of aryl methyl sites for hydroxylation is 1. The standard InChI is InChI=1S/C14H18N2O3S/c1-8-15-10(7-20-8)13(17)16-11-5-3-2-4-9(11)6-12(16)14(18)19/h7,9,11-12H,2-6H2,1H3,(H,18,19)/t9-,11+,12-/m0/s1. The van der Waals surface area contributed by atoms with Crippen LogP contribution in [-0.4, -0.2) is 39.0 Å². The number of aliphatic carboxylic acids is 1. The number of likely N-dealkylation sites (tertiary alicyclic amines) is 1. The maximum Gasteiger partial charge on any atom is 0.326 e. The smallest absolute Gasteiger partial charge is 0.326 e. The molecule has 6 heteroatoms. The summed E-state index contributed by atoms with van der Waals surface area (Å²) in [6.45, 7) is 1.85. The summed E-state index contributed by atoms with van der Waals surface area (Å²) in [5.74, 6) is -0.760. The van der Waals surface area contributed by atoms with Crippen LogP contribution in [0.2, 0.25) is 0 Å². The van der Waals surface area contributed by atoms with E-state index in [-0.39, 0.29) is 11.9 Å². The van der Waals surface area contributed by atoms with Crippen LogP contribution in [0.4, 0.5) is 0 Å². The zero-order chi connectivity index (χ0) is 14.3. The number of nitrogens with zero attached hydrogens (tertiary/aromatic N) is 2. The summed E-state index contributed by atoms with van der Waals surface area (Å²) in [5, 5.41) is 12.0. The van der Waals surface area contributed by atoms with E-state index in [4.69, 9.17) is 0 Å². The number of aromatic nitrogens is 1. The Labute approximate surface area is 121 Å². The van der Waals surface area contributed by atoms with E-state index in [2.05, 4.69) is 4.98 Å². The molecule has 1 aliphatic heterocycles. The normalized spacial score (nSPS) is 29.2. The Morgan fingerprint density at radius 2 is 2.15 bits per heavy atom. The molecular weight excluding hydrogens is 276 g/mol. The maximum absolute atomic E-state index is 12.6. The third-order valence-electron chi connectivity index (χ3n) is 4.45. The van der Waals surface area contributed by atoms with Crippen molar-refractivity contribution in [2.75, 3.05) is 0 Å². The molecule has 0 aromatic carbocycles. The van der Waals surface area contributed by atoms with Crippen molar-refractivity contribution in [2.45, 2.75) is 51.1 Å². The lowest BCUT2D eigenvalue weighted by Crippen LogP contribution is -2.46. The van der Waals surface area contributed by atoms with Gasteiger partial charge in [-0.3, -0.25) is 4.79 Å². The van der Waals surface area contributed by atoms with Gasteiger partial charge in [0.15, 0.2) is 0 Å². The first-order valence-corrected chi connectivity index (χ1v) is 7.93. The van der Waals surface area contributed by atoms with Crippen LogP contribution in [0.5, 0.6) is 0 Å². The van der Waals surface area contributed by atoms with Crippen molar-refractivity contribution in [1.82, 2.24) is 9.88 Å². The summed E-state index contributed by atoms with van der Waals surface area (Å²) < 4.78 is 0. The van der Waals surface area contributed by atoms with E-state index in [1.54, 1.807) is 10.3 Å². The fourth-order valence-corrected chi connectivity index (χ4v) is 4.15. The largest absolute Gasteiger partial charge is 0.480 e. The summed E-state index contributed by atoms with van der Waals surface area (Å²) >= 11 is 1.42. The van der Waals surface area contributed by atoms with Gasteiger partial charge in [0.1, 0.15) is 11.7 Å². The Morgan fingerprint density at radius 3 is 2.80 bits per heavy atom. The van der Waals surface area contributed by atoms with Crippen molar-refractivity contribution < 1.29 is 14.7 Å². The van der Waals surface area contributed by atoms with Gasteiger partial charge < -0.3 is 10.0 Å². The van der Waals surface area contributed by atoms with E-state index < -0.39 is 12.0 Å². The topological polar surface area (TPSA) is 70.5 Å². The zero-order valence-electron chi connectivity index (χ0n) is 11.4. The summed E-state index contributed by atoms with van der Waals surface area (Å²) in [6, 6.07) is -0.600. The minimum absolute atomic E-state index is 0.0827. The number of thiazole rings is 1. The Hall–Kier alpha value is -1.43. The quantitative estimate of drug-likeness (QED) is 0.908. The average Bonchev–Trinajstić information content (AvgIpc) is 3.01. The van der Waals surface area contributed by atoms with E-state index >= 15 is 0 Å². The van der Waals surface area contributed by atoms with E-state index in [1.165, 1.54) is 11.3 Å². The van der Waals surface area contributed by atoms with E-state index in [0.717, 1.165) is 30.7 Å². The molecule has 2 fully saturated rings. The molecule has 1 amide bonds. The van der Waals surface area contributed by atoms with E-state index in [1.807, 2.05) is 6.92 Å². The molecule has 1 saturated heterocycles. The van der Waals surface area contributed by atoms with Gasteiger partial charge in [0, 0.05) is 11.4 Å². The van der Waals surface area contributed by atoms with Crippen molar-refractivity contribution in [3.8, 4) is 0 Å². The highest BCUT2D eigenvalue weighted by molar-refractivity contribution is 7.09. The monoisotopic (exact) mass is 294 g/mol. The molecule has 5 nitrogen and oxygen atoms in total. The van der Waals surface area contributed by atoms with Crippen molar-refractivity contribution in [2.24, 2.45) is 5.92 Å². The second-order valence-corrected chi connectivity index (χ2v) is 6.73. The fraction of sp³-hybridized carbons (Fsp3) is 0.643. The first kappa shape index (κ1) is 13.5. The molecule has 108 valence electrons. The van der Waals surface area contributed by atoms with E-state index in [9.17, 15) is 14.7 Å². The molecule has 3 rings (SSSR count). The first-order valence-electron chi connectivity index (χ1n) is 7.05. The number of hydrogen-bond acceptors (Lipinski definition) is 4. The van der Waals surface area contributed by atoms with Gasteiger partial charge in [-0.25, -0.2) is 9.78 Å². The lowest BCUT2D eigenvalue weighted by Gasteiger charge is -2.32. The molecular formula is C14H18N2O3S. The zero-order valence-corrected chi connectivity index (χ0v) is 12.2. The van der Waals surface area contributed by atoms with Crippen LogP contribution >= 0.6 is 11.3 Å². The highest BCUT2D eigenvalue weighted by Crippen LogP contribution is 2.40. The molecule has 2 heterocycles. The number of amides is 1. The van der Waals surface area contributed by atoms with Crippen LogP contribution in [-0.2, 0) is 4.79 Å². The highest BCUT2D eigenvalue weighted by Gasteiger charge is 2.48. The first-order chi connectivity index (χ1) is 9.58. The molecule has 1 aromatic heterocycles. The molecule has 0 radical (unpaired) electrons. The molecule has 3 atom stereocenters. The van der Waals surface area contributed by atoms with Gasteiger partial charge in [0.2, 0.25) is 0 Å². The average molecular weight is 294 g/mol. The molecule has 1 N–H and O–H groups in total. The predicted octanol–water partition coefficient (Wildman–Crippen LogP) is 2.31. The SMILES string of the molecule is Cc1nc(C(=O)N2[C@@H]3CCCC[C@H]3C[C@H]2C(=O)O)cs1. The van der Waals surface area contributed by atoms with Gasteiger partial charge in [-0.15, -0.1) is 11.3 Å². The molecule has 1 saturated carbocycles. The minimum Gasteiger partial charge on any atom is -0.480 e. The molecule has 1 aromatic rings. The van der Waals surface area contributed by atoms with Crippen molar-refractivity contribution in [1.29, 1.82) is 0 Å². The molecule has 0 bridgehead atoms. The van der Waals surface area contributed by atoms with Gasteiger partial charge in [-0.1, -0.05) is 12.8 Å². The number of fused-ring (bicyclic) bond motifs is 1. The maximum atomic E-state index is 12.6. The van der Waals surface area contributed by atoms with Crippen LogP contribution in [0.1, 0.15) is 47.6 Å². The van der Waals surface area contributed by atoms with Crippen LogP contribution in [0, 0.1) is 12.8 Å². The lowest BCUT2D eigenvalue weighted by atomic mass is 9.84. The Morgan fingerprint density at radius 1 is 1.40 bits per heavy atom. The van der Waals surface area contributed by atoms with E-state index in [0.29, 0.717) is 18.0 Å². The van der Waals surface area contributed by atoms with Crippen molar-refractivity contribution >= 4 is 23.2 Å². The van der Waals surface area contributed by atoms with Gasteiger partial charge in [0.05, 0.1) is 5.01 Å². The Balaban J connectivity index is 1.90. The molecule has 0 unspecified atom stereocenters. The van der Waals surface area contributed by atoms with Gasteiger partial charge in [-0.05, 0) is 32.1 Å². The minimum atomic E-state index is -0.889. The molecule has 20 heavy (non-hydrogen) atoms. The number of carboxylic acid groups (broad SMARTS) is 1. The lowest BCUT2D eigenvalue weighted by molar-refractivity contribution is -0.141. The van der Waals surface area contributed by atoms with Gasteiger partial charge >= 0.3 is 5.97 Å². The van der Waals surface area contributed by atoms with Crippen LogP contribution in [0.15, 0.2) is 5.38 Å². The molecule has 1 aliphatic carbocycles. The number of carbonyl (C=O) groups is 2. The predicted molar refractivity (Wildman–Crippen MR) is 74.8 cm³/mol. The fourth-order valence-electron chi connectivity index (χ4n) is 3.57. The Kier molecular flexibility index (Phi) is 3.50. The second kappa shape index (κ2) is 5.16. The van der Waals surface area contributed by atoms with Crippen LogP contribution < -0.4 is 0 Å². The Bertz CT molecular complexity index is 542. The van der Waals surface area contributed by atoms with Crippen LogP contribution in [0.3, 0.4) is 0 Å². The molecule has 0 spiro atoms. The van der Waals surface area contributed by atoms with Crippen molar-refractivity contribution in [3.05, 3.63) is 16.1 Å². The van der Waals surface area contributed by atoms with Gasteiger partial charge in [0.25, 0.3) is 5.91 Å². The second-order valence-electron chi connectivity index (χ2n) is 5.67. The number of carbonyl (C=O) groups excluding carboxylic acids is 1. The van der Waals surface area contributed by atoms with Gasteiger partial charge in [-0.2, -0.15) is 0 Å². The van der Waals surface area contributed by atoms with Crippen LogP contribution in [0.25, 0.3) is 0 Å². The summed E-state index contributed by atoms with van der Waals surface area (Å²) in [5.41, 5.74) is 0.393. The molecule has 2 aliphatic rings. The summed E-state index contributed by atoms with van der Waals surface area (Å²) in [7, 11) is 0. The third kappa shape index (κ3) is 2.22. The third-order valence-corrected chi connectivity index (χ3v) is 5.22.